The molecule has 2 fully saturated rings. The maximum Gasteiger partial charge on any atom is 0.319 e. The molecule has 20 heavy (non-hydrogen) atoms. The molecule has 6 heteroatoms. The van der Waals surface area contributed by atoms with E-state index in [4.69, 9.17) is 4.74 Å². The molecule has 6 nitrogen and oxygen atoms in total. The number of fused-ring (bicyclic) bond motifs is 1. The first-order valence-electron chi connectivity index (χ1n) is 7.12. The van der Waals surface area contributed by atoms with Crippen molar-refractivity contribution in [2.75, 3.05) is 31.6 Å². The van der Waals surface area contributed by atoms with E-state index >= 15 is 0 Å². The highest BCUT2D eigenvalue weighted by Crippen LogP contribution is 2.22. The summed E-state index contributed by atoms with van der Waals surface area (Å²) in [5.41, 5.74) is 0.689. The number of nitrogens with zero attached hydrogens (tertiary/aromatic N) is 2. The Labute approximate surface area is 118 Å². The molecule has 0 bridgehead atoms. The van der Waals surface area contributed by atoms with Gasteiger partial charge in [-0.05, 0) is 31.5 Å². The van der Waals surface area contributed by atoms with Crippen LogP contribution in [0.2, 0.25) is 0 Å². The normalized spacial score (nSPS) is 26.0. The number of nitrogens with one attached hydrogen (secondary N) is 2. The van der Waals surface area contributed by atoms with Crippen LogP contribution in [0.15, 0.2) is 24.5 Å². The summed E-state index contributed by atoms with van der Waals surface area (Å²) >= 11 is 0. The molecule has 2 N–H and O–H groups in total. The minimum Gasteiger partial charge on any atom is -0.373 e. The summed E-state index contributed by atoms with van der Waals surface area (Å²) in [7, 11) is 0. The lowest BCUT2D eigenvalue weighted by molar-refractivity contribution is -0.0456. The van der Waals surface area contributed by atoms with Crippen molar-refractivity contribution in [3.8, 4) is 0 Å². The van der Waals surface area contributed by atoms with Gasteiger partial charge in [-0.25, -0.2) is 4.79 Å². The molecule has 0 aromatic carbocycles. The molecule has 2 amide bonds. The molecule has 3 heterocycles. The molecule has 2 atom stereocenters. The van der Waals surface area contributed by atoms with Gasteiger partial charge >= 0.3 is 6.03 Å². The number of ether oxygens (including phenoxy) is 1. The molecule has 1 aromatic heterocycles. The van der Waals surface area contributed by atoms with E-state index in [0.717, 1.165) is 19.7 Å². The molecule has 2 aliphatic rings. The summed E-state index contributed by atoms with van der Waals surface area (Å²) in [6.07, 6.45) is 5.87. The first-order valence-corrected chi connectivity index (χ1v) is 7.12. The molecule has 0 spiro atoms. The SMILES string of the molecule is O=C(NC[C@@H]1CN2CCC[C@@H]2CO1)Nc1cccnc1. The Hall–Kier alpha value is -1.66. The molecule has 2 aliphatic heterocycles. The van der Waals surface area contributed by atoms with Gasteiger partial charge in [-0.15, -0.1) is 0 Å². The molecular formula is C14H20N4O2. The third-order valence-corrected chi connectivity index (χ3v) is 3.87. The number of hydrogen-bond acceptors (Lipinski definition) is 4. The Balaban J connectivity index is 1.42. The zero-order chi connectivity index (χ0) is 13.8. The molecule has 0 radical (unpaired) electrons. The Morgan fingerprint density at radius 1 is 1.55 bits per heavy atom. The van der Waals surface area contributed by atoms with E-state index in [1.807, 2.05) is 0 Å². The predicted octanol–water partition coefficient (Wildman–Crippen LogP) is 1.07. The smallest absolute Gasteiger partial charge is 0.319 e. The van der Waals surface area contributed by atoms with Gasteiger partial charge in [0.25, 0.3) is 0 Å². The van der Waals surface area contributed by atoms with Crippen LogP contribution in [0.4, 0.5) is 10.5 Å². The van der Waals surface area contributed by atoms with Crippen molar-refractivity contribution in [3.05, 3.63) is 24.5 Å². The van der Waals surface area contributed by atoms with Crippen LogP contribution in [-0.2, 0) is 4.74 Å². The Morgan fingerprint density at radius 3 is 3.35 bits per heavy atom. The Kier molecular flexibility index (Phi) is 4.13. The van der Waals surface area contributed by atoms with Gasteiger partial charge in [0, 0.05) is 25.3 Å². The number of urea groups is 1. The summed E-state index contributed by atoms with van der Waals surface area (Å²) in [5.74, 6) is 0. The molecule has 2 saturated heterocycles. The molecule has 3 rings (SSSR count). The van der Waals surface area contributed by atoms with Crippen molar-refractivity contribution in [3.63, 3.8) is 0 Å². The van der Waals surface area contributed by atoms with Crippen LogP contribution in [0.5, 0.6) is 0 Å². The van der Waals surface area contributed by atoms with E-state index in [9.17, 15) is 4.79 Å². The summed E-state index contributed by atoms with van der Waals surface area (Å²) < 4.78 is 5.80. The van der Waals surface area contributed by atoms with Gasteiger partial charge in [0.1, 0.15) is 0 Å². The highest BCUT2D eigenvalue weighted by atomic mass is 16.5. The number of aromatic nitrogens is 1. The van der Waals surface area contributed by atoms with Crippen molar-refractivity contribution in [1.29, 1.82) is 0 Å². The van der Waals surface area contributed by atoms with Gasteiger partial charge in [-0.1, -0.05) is 0 Å². The van der Waals surface area contributed by atoms with E-state index in [0.29, 0.717) is 18.3 Å². The van der Waals surface area contributed by atoms with Crippen molar-refractivity contribution in [1.82, 2.24) is 15.2 Å². The number of anilines is 1. The molecule has 0 saturated carbocycles. The van der Waals surface area contributed by atoms with Gasteiger partial charge in [-0.2, -0.15) is 0 Å². The quantitative estimate of drug-likeness (QED) is 0.866. The average Bonchev–Trinajstić information content (AvgIpc) is 2.93. The van der Waals surface area contributed by atoms with Crippen molar-refractivity contribution < 1.29 is 9.53 Å². The van der Waals surface area contributed by atoms with Crippen LogP contribution in [0.25, 0.3) is 0 Å². The molecule has 0 unspecified atom stereocenters. The molecular weight excluding hydrogens is 256 g/mol. The van der Waals surface area contributed by atoms with Gasteiger partial charge in [0.15, 0.2) is 0 Å². The summed E-state index contributed by atoms with van der Waals surface area (Å²) in [6, 6.07) is 3.96. The number of pyridine rings is 1. The van der Waals surface area contributed by atoms with Crippen LogP contribution in [0.1, 0.15) is 12.8 Å². The first-order chi connectivity index (χ1) is 9.81. The number of carbonyl (C=O) groups is 1. The van der Waals surface area contributed by atoms with E-state index in [1.165, 1.54) is 12.8 Å². The Bertz CT molecular complexity index is 454. The summed E-state index contributed by atoms with van der Waals surface area (Å²) in [5, 5.41) is 5.60. The fourth-order valence-corrected chi connectivity index (χ4v) is 2.83. The second-order valence-electron chi connectivity index (χ2n) is 5.32. The topological polar surface area (TPSA) is 66.5 Å². The maximum atomic E-state index is 11.8. The van der Waals surface area contributed by atoms with E-state index in [2.05, 4.69) is 20.5 Å². The van der Waals surface area contributed by atoms with Crippen LogP contribution in [0.3, 0.4) is 0 Å². The third kappa shape index (κ3) is 3.26. The predicted molar refractivity (Wildman–Crippen MR) is 75.6 cm³/mol. The third-order valence-electron chi connectivity index (χ3n) is 3.87. The first kappa shape index (κ1) is 13.3. The number of morpholine rings is 1. The number of amides is 2. The lowest BCUT2D eigenvalue weighted by Gasteiger charge is -2.35. The Morgan fingerprint density at radius 2 is 2.50 bits per heavy atom. The van der Waals surface area contributed by atoms with Gasteiger partial charge < -0.3 is 15.4 Å². The van der Waals surface area contributed by atoms with Crippen molar-refractivity contribution in [2.45, 2.75) is 25.0 Å². The monoisotopic (exact) mass is 276 g/mol. The van der Waals surface area contributed by atoms with Gasteiger partial charge in [-0.3, -0.25) is 9.88 Å². The van der Waals surface area contributed by atoms with Crippen molar-refractivity contribution in [2.24, 2.45) is 0 Å². The van der Waals surface area contributed by atoms with Gasteiger partial charge in [0.05, 0.1) is 24.6 Å². The lowest BCUT2D eigenvalue weighted by atomic mass is 10.2. The zero-order valence-electron chi connectivity index (χ0n) is 11.4. The number of carbonyl (C=O) groups excluding carboxylic acids is 1. The van der Waals surface area contributed by atoms with E-state index in [-0.39, 0.29) is 12.1 Å². The second kappa shape index (κ2) is 6.19. The molecule has 1 aromatic rings. The second-order valence-corrected chi connectivity index (χ2v) is 5.32. The fraction of sp³-hybridized carbons (Fsp3) is 0.571. The van der Waals surface area contributed by atoms with E-state index < -0.39 is 0 Å². The minimum absolute atomic E-state index is 0.0870. The van der Waals surface area contributed by atoms with Crippen LogP contribution < -0.4 is 10.6 Å². The largest absolute Gasteiger partial charge is 0.373 e. The van der Waals surface area contributed by atoms with Crippen LogP contribution >= 0.6 is 0 Å². The van der Waals surface area contributed by atoms with Crippen LogP contribution in [0, 0.1) is 0 Å². The zero-order valence-corrected chi connectivity index (χ0v) is 11.4. The standard InChI is InChI=1S/C14H20N4O2/c19-14(17-11-3-1-5-15-7-11)16-8-13-9-18-6-2-4-12(18)10-20-13/h1,3,5,7,12-13H,2,4,6,8-10H2,(H2,16,17,19)/t12-,13-/m1/s1. The summed E-state index contributed by atoms with van der Waals surface area (Å²) in [6.45, 7) is 3.40. The molecule has 108 valence electrons. The number of hydrogen-bond donors (Lipinski definition) is 2. The van der Waals surface area contributed by atoms with Crippen molar-refractivity contribution >= 4 is 11.7 Å². The molecule has 0 aliphatic carbocycles. The minimum atomic E-state index is -0.217. The fourth-order valence-electron chi connectivity index (χ4n) is 2.83. The van der Waals surface area contributed by atoms with E-state index in [1.54, 1.807) is 24.5 Å². The average molecular weight is 276 g/mol. The van der Waals surface area contributed by atoms with Gasteiger partial charge in [0.2, 0.25) is 0 Å². The maximum absolute atomic E-state index is 11.8. The summed E-state index contributed by atoms with van der Waals surface area (Å²) in [4.78, 5) is 18.2. The highest BCUT2D eigenvalue weighted by Gasteiger charge is 2.32. The van der Waals surface area contributed by atoms with Crippen LogP contribution in [-0.4, -0.2) is 54.3 Å². The highest BCUT2D eigenvalue weighted by molar-refractivity contribution is 5.88. The number of rotatable bonds is 3. The lowest BCUT2D eigenvalue weighted by Crippen LogP contribution is -2.50.